The first-order chi connectivity index (χ1) is 17.7. The van der Waals surface area contributed by atoms with E-state index in [1.54, 1.807) is 41.6 Å². The van der Waals surface area contributed by atoms with E-state index >= 15 is 0 Å². The van der Waals surface area contributed by atoms with Crippen molar-refractivity contribution in [3.05, 3.63) is 142 Å². The van der Waals surface area contributed by atoms with E-state index in [1.165, 1.54) is 0 Å². The Balaban J connectivity index is 1.44. The van der Waals surface area contributed by atoms with Crippen molar-refractivity contribution in [3.8, 4) is 5.75 Å². The Morgan fingerprint density at radius 1 is 0.861 bits per heavy atom. The van der Waals surface area contributed by atoms with Crippen molar-refractivity contribution in [3.63, 3.8) is 0 Å². The summed E-state index contributed by atoms with van der Waals surface area (Å²) in [7, 11) is 0. The van der Waals surface area contributed by atoms with Crippen LogP contribution in [0.2, 0.25) is 0 Å². The van der Waals surface area contributed by atoms with Gasteiger partial charge in [0.25, 0.3) is 5.91 Å². The predicted octanol–water partition coefficient (Wildman–Crippen LogP) is 5.51. The van der Waals surface area contributed by atoms with Crippen LogP contribution in [0.3, 0.4) is 0 Å². The minimum atomic E-state index is -0.617. The molecule has 0 aliphatic carbocycles. The van der Waals surface area contributed by atoms with E-state index in [4.69, 9.17) is 9.15 Å². The molecule has 0 bridgehead atoms. The average Bonchev–Trinajstić information content (AvgIpc) is 3.20. The molecule has 0 fully saturated rings. The molecule has 1 unspecified atom stereocenters. The van der Waals surface area contributed by atoms with Gasteiger partial charge in [0, 0.05) is 18.9 Å². The topological polar surface area (TPSA) is 72.6 Å². The number of hydrogen-bond donors (Lipinski definition) is 0. The van der Waals surface area contributed by atoms with Crippen LogP contribution < -0.4 is 10.2 Å². The van der Waals surface area contributed by atoms with Gasteiger partial charge >= 0.3 is 0 Å². The normalized spacial score (nSPS) is 14.7. The van der Waals surface area contributed by atoms with Crippen LogP contribution in [0, 0.1) is 0 Å². The van der Waals surface area contributed by atoms with E-state index in [0.717, 1.165) is 16.7 Å². The number of pyridine rings is 1. The van der Waals surface area contributed by atoms with Crippen LogP contribution in [0.5, 0.6) is 5.75 Å². The van der Waals surface area contributed by atoms with E-state index in [-0.39, 0.29) is 23.6 Å². The second-order valence-corrected chi connectivity index (χ2v) is 8.71. The molecule has 0 saturated heterocycles. The van der Waals surface area contributed by atoms with Crippen molar-refractivity contribution in [1.29, 1.82) is 0 Å². The van der Waals surface area contributed by atoms with Crippen molar-refractivity contribution in [1.82, 2.24) is 9.88 Å². The fourth-order valence-corrected chi connectivity index (χ4v) is 4.68. The molecule has 6 nitrogen and oxygen atoms in total. The zero-order valence-corrected chi connectivity index (χ0v) is 19.3. The third-order valence-corrected chi connectivity index (χ3v) is 6.37. The number of rotatable bonds is 6. The minimum Gasteiger partial charge on any atom is -0.489 e. The second-order valence-electron chi connectivity index (χ2n) is 8.71. The maximum Gasteiger partial charge on any atom is 0.291 e. The van der Waals surface area contributed by atoms with Gasteiger partial charge in [0.05, 0.1) is 17.0 Å². The molecular formula is C30H22N2O4. The highest BCUT2D eigenvalue weighted by atomic mass is 16.5. The van der Waals surface area contributed by atoms with Gasteiger partial charge in [0.1, 0.15) is 17.9 Å². The minimum absolute atomic E-state index is 0.0863. The van der Waals surface area contributed by atoms with Crippen LogP contribution in [0.15, 0.2) is 113 Å². The maximum atomic E-state index is 13.7. The number of para-hydroxylation sites is 1. The van der Waals surface area contributed by atoms with Gasteiger partial charge in [-0.1, -0.05) is 60.7 Å². The number of carbonyl (C=O) groups excluding carboxylic acids is 1. The number of fused-ring (bicyclic) bond motifs is 2. The molecule has 1 amide bonds. The van der Waals surface area contributed by atoms with Gasteiger partial charge in [-0.3, -0.25) is 14.6 Å². The molecule has 36 heavy (non-hydrogen) atoms. The Kier molecular flexibility index (Phi) is 5.54. The third-order valence-electron chi connectivity index (χ3n) is 6.37. The van der Waals surface area contributed by atoms with Gasteiger partial charge in [-0.15, -0.1) is 0 Å². The van der Waals surface area contributed by atoms with Gasteiger partial charge in [-0.05, 0) is 47.0 Å². The zero-order chi connectivity index (χ0) is 24.5. The first kappa shape index (κ1) is 21.8. The molecule has 6 heteroatoms. The van der Waals surface area contributed by atoms with Gasteiger partial charge in [0.15, 0.2) is 5.43 Å². The lowest BCUT2D eigenvalue weighted by atomic mass is 9.98. The lowest BCUT2D eigenvalue weighted by molar-refractivity contribution is 0.0714. The van der Waals surface area contributed by atoms with E-state index in [9.17, 15) is 9.59 Å². The lowest BCUT2D eigenvalue weighted by Crippen LogP contribution is -2.29. The number of nitrogens with zero attached hydrogens (tertiary/aromatic N) is 2. The summed E-state index contributed by atoms with van der Waals surface area (Å²) in [4.78, 5) is 33.1. The molecule has 176 valence electrons. The standard InChI is InChI=1S/C30H22N2O4/c33-28-24-13-4-5-14-25(24)36-29-26(28)27(32(30(29)34)18-21-10-7-15-31-17-21)22-11-6-12-23(16-22)35-19-20-8-2-1-3-9-20/h1-17,27H,18-19H2. The third kappa shape index (κ3) is 3.92. The number of carbonyl (C=O) groups is 1. The molecule has 3 heterocycles. The Labute approximate surface area is 207 Å². The molecule has 0 N–H and O–H groups in total. The summed E-state index contributed by atoms with van der Waals surface area (Å²) in [5.74, 6) is 0.421. The summed E-state index contributed by atoms with van der Waals surface area (Å²) in [6, 6.07) is 27.6. The maximum absolute atomic E-state index is 13.7. The molecule has 3 aromatic carbocycles. The Morgan fingerprint density at radius 3 is 2.50 bits per heavy atom. The summed E-state index contributed by atoms with van der Waals surface area (Å²) < 4.78 is 12.1. The first-order valence-electron chi connectivity index (χ1n) is 11.7. The molecule has 1 atom stereocenters. The highest BCUT2D eigenvalue weighted by Gasteiger charge is 2.42. The highest BCUT2D eigenvalue weighted by Crippen LogP contribution is 2.40. The van der Waals surface area contributed by atoms with E-state index in [2.05, 4.69) is 4.98 Å². The summed E-state index contributed by atoms with van der Waals surface area (Å²) in [5, 5.41) is 0.453. The van der Waals surface area contributed by atoms with Crippen LogP contribution in [0.1, 0.15) is 38.9 Å². The number of ether oxygens (including phenoxy) is 1. The van der Waals surface area contributed by atoms with Gasteiger partial charge < -0.3 is 14.1 Å². The largest absolute Gasteiger partial charge is 0.489 e. The fraction of sp³-hybridized carbons (Fsp3) is 0.100. The van der Waals surface area contributed by atoms with Gasteiger partial charge in [-0.2, -0.15) is 0 Å². The Bertz CT molecular complexity index is 1610. The summed E-state index contributed by atoms with van der Waals surface area (Å²) in [5.41, 5.74) is 3.24. The number of amides is 1. The van der Waals surface area contributed by atoms with Crippen molar-refractivity contribution < 1.29 is 13.9 Å². The average molecular weight is 475 g/mol. The number of aromatic nitrogens is 1. The lowest BCUT2D eigenvalue weighted by Gasteiger charge is -2.25. The second kappa shape index (κ2) is 9.15. The van der Waals surface area contributed by atoms with Crippen LogP contribution in [-0.4, -0.2) is 15.8 Å². The predicted molar refractivity (Wildman–Crippen MR) is 136 cm³/mol. The summed E-state index contributed by atoms with van der Waals surface area (Å²) in [6.45, 7) is 0.697. The molecule has 0 radical (unpaired) electrons. The molecule has 0 saturated carbocycles. The number of hydrogen-bond acceptors (Lipinski definition) is 5. The van der Waals surface area contributed by atoms with Crippen LogP contribution in [-0.2, 0) is 13.2 Å². The zero-order valence-electron chi connectivity index (χ0n) is 19.3. The van der Waals surface area contributed by atoms with Gasteiger partial charge in [0.2, 0.25) is 5.76 Å². The Morgan fingerprint density at radius 2 is 1.67 bits per heavy atom. The molecule has 1 aliphatic heterocycles. The molecule has 6 rings (SSSR count). The van der Waals surface area contributed by atoms with Crippen molar-refractivity contribution in [2.75, 3.05) is 0 Å². The summed E-state index contributed by atoms with van der Waals surface area (Å²) >= 11 is 0. The van der Waals surface area contributed by atoms with E-state index < -0.39 is 6.04 Å². The van der Waals surface area contributed by atoms with Gasteiger partial charge in [-0.25, -0.2) is 0 Å². The molecule has 1 aliphatic rings. The molecular weight excluding hydrogens is 452 g/mol. The molecule has 5 aromatic rings. The van der Waals surface area contributed by atoms with E-state index in [1.807, 2.05) is 66.7 Å². The fourth-order valence-electron chi connectivity index (χ4n) is 4.68. The summed E-state index contributed by atoms with van der Waals surface area (Å²) in [6.07, 6.45) is 3.41. The quantitative estimate of drug-likeness (QED) is 0.324. The van der Waals surface area contributed by atoms with Crippen LogP contribution in [0.4, 0.5) is 0 Å². The van der Waals surface area contributed by atoms with Crippen molar-refractivity contribution in [2.45, 2.75) is 19.2 Å². The smallest absolute Gasteiger partial charge is 0.291 e. The van der Waals surface area contributed by atoms with Crippen molar-refractivity contribution >= 4 is 16.9 Å². The molecule has 2 aromatic heterocycles. The van der Waals surface area contributed by atoms with E-state index in [0.29, 0.717) is 28.9 Å². The van der Waals surface area contributed by atoms with Crippen LogP contribution >= 0.6 is 0 Å². The molecule has 0 spiro atoms. The SMILES string of the molecule is O=C1c2oc3ccccc3c(=O)c2C(c2cccc(OCc3ccccc3)c2)N1Cc1cccnc1. The highest BCUT2D eigenvalue weighted by molar-refractivity contribution is 5.99. The monoisotopic (exact) mass is 474 g/mol. The first-order valence-corrected chi connectivity index (χ1v) is 11.7. The van der Waals surface area contributed by atoms with Crippen LogP contribution in [0.25, 0.3) is 11.0 Å². The Hall–Kier alpha value is -4.71. The number of benzene rings is 3. The van der Waals surface area contributed by atoms with Crippen molar-refractivity contribution in [2.24, 2.45) is 0 Å².